The molecule has 1 saturated heterocycles. The average molecular weight is 125 g/mol. The van der Waals surface area contributed by atoms with Gasteiger partial charge >= 0.3 is 0 Å². The van der Waals surface area contributed by atoms with E-state index in [-0.39, 0.29) is 0 Å². The Morgan fingerprint density at radius 1 is 1.33 bits per heavy atom. The molecule has 0 amide bonds. The molecule has 0 spiro atoms. The molecule has 0 aromatic rings. The van der Waals surface area contributed by atoms with E-state index in [1.165, 1.54) is 19.5 Å². The van der Waals surface area contributed by atoms with Gasteiger partial charge in [0.05, 0.1) is 0 Å². The summed E-state index contributed by atoms with van der Waals surface area (Å²) in [5.41, 5.74) is 0. The van der Waals surface area contributed by atoms with Crippen LogP contribution in [0.15, 0.2) is 0 Å². The van der Waals surface area contributed by atoms with Gasteiger partial charge in [-0.3, -0.25) is 0 Å². The Kier molecular flexibility index (Phi) is 1.10. The summed E-state index contributed by atoms with van der Waals surface area (Å²) in [5, 5.41) is 0. The predicted octanol–water partition coefficient (Wildman–Crippen LogP) is 1.20. The minimum Gasteiger partial charge on any atom is -0.306 e. The molecule has 0 aromatic carbocycles. The Labute approximate surface area is 57.0 Å². The lowest BCUT2D eigenvalue weighted by molar-refractivity contribution is 0.210. The van der Waals surface area contributed by atoms with E-state index in [1.54, 1.807) is 0 Å². The second-order valence-corrected chi connectivity index (χ2v) is 3.86. The van der Waals surface area contributed by atoms with Crippen LogP contribution in [-0.4, -0.2) is 25.0 Å². The van der Waals surface area contributed by atoms with Crippen molar-refractivity contribution in [3.8, 4) is 0 Å². The molecule has 0 bridgehead atoms. The summed E-state index contributed by atoms with van der Waals surface area (Å²) in [5.74, 6) is 3.17. The van der Waals surface area contributed by atoms with Crippen LogP contribution >= 0.6 is 0 Å². The molecular weight excluding hydrogens is 110 g/mol. The number of hydrogen-bond donors (Lipinski definition) is 0. The fourth-order valence-corrected chi connectivity index (χ4v) is 2.28. The first-order valence-corrected chi connectivity index (χ1v) is 3.96. The molecular formula is C8H15N. The quantitative estimate of drug-likeness (QED) is 0.470. The largest absolute Gasteiger partial charge is 0.306 e. The zero-order valence-electron chi connectivity index (χ0n) is 6.30. The van der Waals surface area contributed by atoms with Crippen LogP contribution < -0.4 is 0 Å². The number of piperidine rings is 1. The van der Waals surface area contributed by atoms with Crippen molar-refractivity contribution in [2.45, 2.75) is 13.3 Å². The van der Waals surface area contributed by atoms with Crippen LogP contribution in [0.25, 0.3) is 0 Å². The van der Waals surface area contributed by atoms with Crippen LogP contribution in [0.2, 0.25) is 0 Å². The van der Waals surface area contributed by atoms with Gasteiger partial charge in [-0.2, -0.15) is 0 Å². The summed E-state index contributed by atoms with van der Waals surface area (Å²) in [7, 11) is 2.24. The number of nitrogens with zero attached hydrogens (tertiary/aromatic N) is 1. The normalized spacial score (nSPS) is 50.7. The molecule has 2 rings (SSSR count). The van der Waals surface area contributed by atoms with Gasteiger partial charge < -0.3 is 4.90 Å². The summed E-state index contributed by atoms with van der Waals surface area (Å²) >= 11 is 0. The van der Waals surface area contributed by atoms with E-state index in [0.717, 1.165) is 17.8 Å². The van der Waals surface area contributed by atoms with Crippen LogP contribution in [0, 0.1) is 17.8 Å². The van der Waals surface area contributed by atoms with Crippen molar-refractivity contribution >= 4 is 0 Å². The van der Waals surface area contributed by atoms with E-state index in [4.69, 9.17) is 0 Å². The van der Waals surface area contributed by atoms with Gasteiger partial charge in [-0.15, -0.1) is 0 Å². The number of hydrogen-bond acceptors (Lipinski definition) is 1. The summed E-state index contributed by atoms with van der Waals surface area (Å²) in [6.45, 7) is 5.09. The number of likely N-dealkylation sites (tertiary alicyclic amines) is 1. The topological polar surface area (TPSA) is 3.24 Å². The zero-order chi connectivity index (χ0) is 6.43. The van der Waals surface area contributed by atoms with E-state index < -0.39 is 0 Å². The molecule has 52 valence electrons. The first-order valence-electron chi connectivity index (χ1n) is 3.96. The smallest absolute Gasteiger partial charge is 0.000959 e. The van der Waals surface area contributed by atoms with Gasteiger partial charge in [-0.1, -0.05) is 6.92 Å². The third-order valence-corrected chi connectivity index (χ3v) is 2.85. The van der Waals surface area contributed by atoms with Gasteiger partial charge in [-0.05, 0) is 31.2 Å². The molecule has 0 N–H and O–H groups in total. The van der Waals surface area contributed by atoms with Crippen molar-refractivity contribution in [1.82, 2.24) is 4.90 Å². The van der Waals surface area contributed by atoms with Gasteiger partial charge in [-0.25, -0.2) is 0 Å². The van der Waals surface area contributed by atoms with Crippen molar-refractivity contribution in [1.29, 1.82) is 0 Å². The molecule has 0 aromatic heterocycles. The SMILES string of the molecule is CC1CN(C)CC2CC12. The molecule has 1 aliphatic heterocycles. The maximum atomic E-state index is 2.47. The highest BCUT2D eigenvalue weighted by molar-refractivity contribution is 4.95. The van der Waals surface area contributed by atoms with Crippen molar-refractivity contribution < 1.29 is 0 Å². The van der Waals surface area contributed by atoms with E-state index >= 15 is 0 Å². The number of fused-ring (bicyclic) bond motifs is 1. The Morgan fingerprint density at radius 2 is 2.11 bits per heavy atom. The third kappa shape index (κ3) is 0.877. The molecule has 9 heavy (non-hydrogen) atoms. The van der Waals surface area contributed by atoms with Gasteiger partial charge in [0.2, 0.25) is 0 Å². The number of rotatable bonds is 0. The molecule has 1 heteroatoms. The summed E-state index contributed by atoms with van der Waals surface area (Å²) in [4.78, 5) is 2.47. The Bertz CT molecular complexity index is 122. The maximum absolute atomic E-state index is 2.47. The van der Waals surface area contributed by atoms with E-state index in [9.17, 15) is 0 Å². The lowest BCUT2D eigenvalue weighted by atomic mass is 10.0. The lowest BCUT2D eigenvalue weighted by Gasteiger charge is -2.26. The van der Waals surface area contributed by atoms with Crippen LogP contribution in [-0.2, 0) is 0 Å². The predicted molar refractivity (Wildman–Crippen MR) is 38.3 cm³/mol. The second-order valence-electron chi connectivity index (χ2n) is 3.86. The van der Waals surface area contributed by atoms with Gasteiger partial charge in [0.1, 0.15) is 0 Å². The average Bonchev–Trinajstić information content (AvgIpc) is 2.43. The van der Waals surface area contributed by atoms with E-state index in [2.05, 4.69) is 18.9 Å². The van der Waals surface area contributed by atoms with Gasteiger partial charge in [0, 0.05) is 13.1 Å². The van der Waals surface area contributed by atoms with Crippen molar-refractivity contribution in [2.24, 2.45) is 17.8 Å². The van der Waals surface area contributed by atoms with Crippen molar-refractivity contribution in [2.75, 3.05) is 20.1 Å². The monoisotopic (exact) mass is 125 g/mol. The Balaban J connectivity index is 1.99. The van der Waals surface area contributed by atoms with Gasteiger partial charge in [0.15, 0.2) is 0 Å². The van der Waals surface area contributed by atoms with Crippen LogP contribution in [0.3, 0.4) is 0 Å². The highest BCUT2D eigenvalue weighted by Crippen LogP contribution is 2.47. The molecule has 1 heterocycles. The lowest BCUT2D eigenvalue weighted by Crippen LogP contribution is -2.32. The van der Waals surface area contributed by atoms with E-state index in [0.29, 0.717) is 0 Å². The third-order valence-electron chi connectivity index (χ3n) is 2.85. The summed E-state index contributed by atoms with van der Waals surface area (Å²) in [6.07, 6.45) is 1.52. The maximum Gasteiger partial charge on any atom is 0.000959 e. The highest BCUT2D eigenvalue weighted by atomic mass is 15.1. The molecule has 1 nitrogen and oxygen atoms in total. The molecule has 2 fully saturated rings. The van der Waals surface area contributed by atoms with Crippen LogP contribution in [0.1, 0.15) is 13.3 Å². The van der Waals surface area contributed by atoms with Crippen LogP contribution in [0.4, 0.5) is 0 Å². The molecule has 1 aliphatic carbocycles. The minimum absolute atomic E-state index is 0.980. The zero-order valence-corrected chi connectivity index (χ0v) is 6.30. The molecule has 3 unspecified atom stereocenters. The molecule has 2 aliphatic rings. The summed E-state index contributed by atoms with van der Waals surface area (Å²) < 4.78 is 0. The molecule has 0 radical (unpaired) electrons. The fraction of sp³-hybridized carbons (Fsp3) is 1.00. The molecule has 1 saturated carbocycles. The summed E-state index contributed by atoms with van der Waals surface area (Å²) in [6, 6.07) is 0. The van der Waals surface area contributed by atoms with Gasteiger partial charge in [0.25, 0.3) is 0 Å². The first-order chi connectivity index (χ1) is 4.27. The van der Waals surface area contributed by atoms with E-state index in [1.807, 2.05) is 0 Å². The Morgan fingerprint density at radius 3 is 2.78 bits per heavy atom. The molecule has 3 atom stereocenters. The minimum atomic E-state index is 0.980. The standard InChI is InChI=1S/C8H15N/c1-6-4-9(2)5-7-3-8(6)7/h6-8H,3-5H2,1-2H3. The Hall–Kier alpha value is -0.0400. The second kappa shape index (κ2) is 1.72. The van der Waals surface area contributed by atoms with Crippen LogP contribution in [0.5, 0.6) is 0 Å². The highest BCUT2D eigenvalue weighted by Gasteiger charge is 2.44. The van der Waals surface area contributed by atoms with Crippen molar-refractivity contribution in [3.05, 3.63) is 0 Å². The first kappa shape index (κ1) is 5.72. The fourth-order valence-electron chi connectivity index (χ4n) is 2.28. The van der Waals surface area contributed by atoms with Crippen molar-refractivity contribution in [3.63, 3.8) is 0 Å².